The summed E-state index contributed by atoms with van der Waals surface area (Å²) < 4.78 is 6.63. The second-order valence-electron chi connectivity index (χ2n) is 12.3. The van der Waals surface area contributed by atoms with Crippen LogP contribution in [0.25, 0.3) is 6.08 Å². The van der Waals surface area contributed by atoms with Crippen LogP contribution in [0.2, 0.25) is 0 Å². The van der Waals surface area contributed by atoms with Crippen molar-refractivity contribution in [3.8, 4) is 11.5 Å². The van der Waals surface area contributed by atoms with Crippen LogP contribution < -0.4 is 4.74 Å². The largest absolute Gasteiger partial charge is 0.504 e. The average molecular weight is 530 g/mol. The van der Waals surface area contributed by atoms with Gasteiger partial charge in [-0.15, -0.1) is 0 Å². The van der Waals surface area contributed by atoms with Crippen LogP contribution in [0.1, 0.15) is 54.4 Å². The van der Waals surface area contributed by atoms with Gasteiger partial charge in [0.15, 0.2) is 11.5 Å². The van der Waals surface area contributed by atoms with Gasteiger partial charge in [0.2, 0.25) is 5.91 Å². The number of aromatic hydroxyl groups is 1. The van der Waals surface area contributed by atoms with Crippen LogP contribution in [-0.2, 0) is 16.6 Å². The van der Waals surface area contributed by atoms with Gasteiger partial charge in [-0.2, -0.15) is 0 Å². The fourth-order valence-corrected chi connectivity index (χ4v) is 8.30. The van der Waals surface area contributed by atoms with E-state index in [1.54, 1.807) is 11.0 Å². The van der Waals surface area contributed by atoms with Crippen LogP contribution in [0.3, 0.4) is 0 Å². The maximum Gasteiger partial charge on any atom is 0.276 e. The number of nitro groups is 1. The first-order valence-electron chi connectivity index (χ1n) is 14.2. The third-order valence-corrected chi connectivity index (χ3v) is 10.2. The molecule has 39 heavy (non-hydrogen) atoms. The van der Waals surface area contributed by atoms with Crippen molar-refractivity contribution < 1.29 is 19.6 Å². The molecule has 7 rings (SSSR count). The molecule has 1 N–H and O–H groups in total. The predicted molar refractivity (Wildman–Crippen MR) is 147 cm³/mol. The first kappa shape index (κ1) is 24.6. The summed E-state index contributed by atoms with van der Waals surface area (Å²) in [6, 6.07) is 9.33. The topological polar surface area (TPSA) is 96.2 Å². The molecule has 8 heteroatoms. The summed E-state index contributed by atoms with van der Waals surface area (Å²) in [5.41, 5.74) is 3.26. The van der Waals surface area contributed by atoms with E-state index in [0.29, 0.717) is 12.2 Å². The lowest BCUT2D eigenvalue weighted by Crippen LogP contribution is -2.69. The highest BCUT2D eigenvalue weighted by Crippen LogP contribution is 2.65. The van der Waals surface area contributed by atoms with Gasteiger partial charge in [-0.3, -0.25) is 19.8 Å². The van der Waals surface area contributed by atoms with E-state index >= 15 is 0 Å². The van der Waals surface area contributed by atoms with Crippen molar-refractivity contribution in [3.63, 3.8) is 0 Å². The molecule has 5 aliphatic rings. The zero-order valence-electron chi connectivity index (χ0n) is 22.5. The number of carbonyl (C=O) groups is 1. The number of phenols is 1. The summed E-state index contributed by atoms with van der Waals surface area (Å²) in [5.74, 6) is 1.18. The number of rotatable bonds is 6. The molecule has 5 atom stereocenters. The van der Waals surface area contributed by atoms with E-state index in [1.807, 2.05) is 44.3 Å². The zero-order chi connectivity index (χ0) is 27.1. The zero-order valence-corrected chi connectivity index (χ0v) is 22.5. The van der Waals surface area contributed by atoms with Gasteiger partial charge in [-0.05, 0) is 75.5 Å². The third-order valence-electron chi connectivity index (χ3n) is 10.2. The molecule has 2 aromatic carbocycles. The second-order valence-corrected chi connectivity index (χ2v) is 12.3. The maximum atomic E-state index is 13.4. The van der Waals surface area contributed by atoms with Crippen LogP contribution in [0.15, 0.2) is 36.4 Å². The molecular formula is C31H35N3O5. The number of carbonyl (C=O) groups excluding carboxylic acids is 1. The summed E-state index contributed by atoms with van der Waals surface area (Å²) in [6.45, 7) is 4.00. The van der Waals surface area contributed by atoms with Crippen molar-refractivity contribution in [2.45, 2.75) is 69.1 Å². The lowest BCUT2D eigenvalue weighted by molar-refractivity contribution is -0.385. The fraction of sp³-hybridized carbons (Fsp3) is 0.516. The molecular weight excluding hydrogens is 494 g/mol. The number of ether oxygens (including phenoxy) is 1. The SMILES string of the molecule is Cc1cccc(C=CC(=O)N(C)[C@@H]2CC[C@H]3[C@H]4Cc5c([N+](=O)[O-])cc(O)c6c5[C@@]3(CCN4CC3CC3)[C@H]2O6)c1. The van der Waals surface area contributed by atoms with Crippen LogP contribution in [-0.4, -0.2) is 64.1 Å². The number of benzene rings is 2. The van der Waals surface area contributed by atoms with E-state index in [9.17, 15) is 20.0 Å². The van der Waals surface area contributed by atoms with Gasteiger partial charge in [0.1, 0.15) is 6.10 Å². The Morgan fingerprint density at radius 1 is 1.28 bits per heavy atom. The molecule has 2 aliphatic heterocycles. The smallest absolute Gasteiger partial charge is 0.276 e. The van der Waals surface area contributed by atoms with Gasteiger partial charge in [-0.25, -0.2) is 0 Å². The Kier molecular flexibility index (Phi) is 5.57. The highest BCUT2D eigenvalue weighted by atomic mass is 16.6. The maximum absolute atomic E-state index is 13.4. The van der Waals surface area contributed by atoms with E-state index in [-0.39, 0.29) is 46.4 Å². The molecule has 3 aliphatic carbocycles. The first-order chi connectivity index (χ1) is 18.8. The van der Waals surface area contributed by atoms with Crippen LogP contribution >= 0.6 is 0 Å². The number of nitrogens with zero attached hydrogens (tertiary/aromatic N) is 3. The summed E-state index contributed by atoms with van der Waals surface area (Å²) >= 11 is 0. The first-order valence-corrected chi connectivity index (χ1v) is 14.2. The standard InChI is InChI=1S/C31H35N3O5/c1-18-4-3-5-19(14-18)8-11-27(36)32(2)23-10-9-22-25-15-21-24(34(37)38)16-26(35)29-28(21)31(22,30(23)39-29)12-13-33(25)17-20-6-7-20/h3-5,8,11,14,16,20,22-23,25,30,35H,6-7,9-10,12-13,15,17H2,1-2H3/t22-,23+,25+,30-,31-/m0/s1. The minimum absolute atomic E-state index is 0.000704. The van der Waals surface area contributed by atoms with E-state index in [0.717, 1.165) is 60.5 Å². The molecule has 0 radical (unpaired) electrons. The molecule has 2 saturated carbocycles. The van der Waals surface area contributed by atoms with Crippen molar-refractivity contribution in [2.24, 2.45) is 11.8 Å². The molecule has 204 valence electrons. The third kappa shape index (κ3) is 3.71. The van der Waals surface area contributed by atoms with Crippen LogP contribution in [0.5, 0.6) is 11.5 Å². The molecule has 2 aromatic rings. The molecule has 1 amide bonds. The second kappa shape index (κ2) is 8.81. The lowest BCUT2D eigenvalue weighted by atomic mass is 9.50. The molecule has 2 bridgehead atoms. The number of piperidine rings is 1. The van der Waals surface area contributed by atoms with E-state index in [2.05, 4.69) is 4.90 Å². The van der Waals surface area contributed by atoms with Crippen molar-refractivity contribution in [1.82, 2.24) is 9.80 Å². The Morgan fingerprint density at radius 3 is 2.85 bits per heavy atom. The van der Waals surface area contributed by atoms with Gasteiger partial charge in [0.25, 0.3) is 5.69 Å². The van der Waals surface area contributed by atoms with Gasteiger partial charge < -0.3 is 14.7 Å². The van der Waals surface area contributed by atoms with Crippen molar-refractivity contribution in [1.29, 1.82) is 0 Å². The minimum atomic E-state index is -0.436. The number of phenolic OH excluding ortho intramolecular Hbond substituents is 1. The number of amides is 1. The Morgan fingerprint density at radius 2 is 2.10 bits per heavy atom. The van der Waals surface area contributed by atoms with Crippen LogP contribution in [0, 0.1) is 28.9 Å². The summed E-state index contributed by atoms with van der Waals surface area (Å²) in [4.78, 5) is 29.6. The van der Waals surface area contributed by atoms with Gasteiger partial charge in [-0.1, -0.05) is 29.8 Å². The minimum Gasteiger partial charge on any atom is -0.504 e. The quantitative estimate of drug-likeness (QED) is 0.334. The Bertz CT molecular complexity index is 1400. The molecule has 0 aromatic heterocycles. The Hall–Kier alpha value is -3.39. The molecule has 1 spiro atoms. The summed E-state index contributed by atoms with van der Waals surface area (Å²) in [7, 11) is 1.84. The van der Waals surface area contributed by atoms with Crippen molar-refractivity contribution >= 4 is 17.7 Å². The monoisotopic (exact) mass is 529 g/mol. The number of hydrogen-bond acceptors (Lipinski definition) is 6. The summed E-state index contributed by atoms with van der Waals surface area (Å²) in [5, 5.41) is 23.1. The lowest BCUT2D eigenvalue weighted by Gasteiger charge is -2.60. The number of aryl methyl sites for hydroxylation is 1. The van der Waals surface area contributed by atoms with Gasteiger partial charge >= 0.3 is 0 Å². The molecule has 8 nitrogen and oxygen atoms in total. The number of likely N-dealkylation sites (tertiary alicyclic amines) is 1. The van der Waals surface area contributed by atoms with E-state index in [4.69, 9.17) is 4.74 Å². The van der Waals surface area contributed by atoms with Gasteiger partial charge in [0.05, 0.1) is 17.0 Å². The highest BCUT2D eigenvalue weighted by Gasteiger charge is 2.67. The Balaban J connectivity index is 1.27. The van der Waals surface area contributed by atoms with E-state index in [1.165, 1.54) is 18.9 Å². The average Bonchev–Trinajstić information content (AvgIpc) is 3.67. The highest BCUT2D eigenvalue weighted by molar-refractivity contribution is 5.92. The molecule has 1 saturated heterocycles. The molecule has 3 fully saturated rings. The normalized spacial score (nSPS) is 30.6. The fourth-order valence-electron chi connectivity index (χ4n) is 8.30. The number of nitro benzene ring substituents is 1. The van der Waals surface area contributed by atoms with Crippen LogP contribution in [0.4, 0.5) is 5.69 Å². The Labute approximate surface area is 228 Å². The molecule has 2 heterocycles. The number of likely N-dealkylation sites (N-methyl/N-ethyl adjacent to an activating group) is 1. The van der Waals surface area contributed by atoms with Gasteiger partial charge in [0, 0.05) is 42.3 Å². The van der Waals surface area contributed by atoms with Crippen molar-refractivity contribution in [2.75, 3.05) is 20.1 Å². The van der Waals surface area contributed by atoms with E-state index < -0.39 is 5.41 Å². The predicted octanol–water partition coefficient (Wildman–Crippen LogP) is 4.60. The summed E-state index contributed by atoms with van der Waals surface area (Å²) in [6.07, 6.45) is 8.84. The molecule has 0 unspecified atom stereocenters. The van der Waals surface area contributed by atoms with Crippen molar-refractivity contribution in [3.05, 3.63) is 68.8 Å². The number of hydrogen-bond donors (Lipinski definition) is 1.